The summed E-state index contributed by atoms with van der Waals surface area (Å²) in [6.45, 7) is 0. The van der Waals surface area contributed by atoms with Gasteiger partial charge in [0.25, 0.3) is 5.69 Å². The van der Waals surface area contributed by atoms with E-state index < -0.39 is 16.4 Å². The lowest BCUT2D eigenvalue weighted by Gasteiger charge is -2.13. The molecule has 1 aromatic heterocycles. The van der Waals surface area contributed by atoms with Crippen LogP contribution in [0.4, 0.5) is 5.69 Å². The lowest BCUT2D eigenvalue weighted by Crippen LogP contribution is -2.01. The van der Waals surface area contributed by atoms with Crippen LogP contribution in [0.5, 0.6) is 11.5 Å². The molecule has 3 aromatic rings. The van der Waals surface area contributed by atoms with E-state index in [0.29, 0.717) is 10.6 Å². The van der Waals surface area contributed by atoms with Crippen molar-refractivity contribution in [1.82, 2.24) is 4.98 Å². The van der Waals surface area contributed by atoms with Crippen molar-refractivity contribution >= 4 is 38.9 Å². The second-order valence-corrected chi connectivity index (χ2v) is 6.02. The molecule has 0 aliphatic rings. The van der Waals surface area contributed by atoms with E-state index in [1.807, 2.05) is 30.3 Å². The predicted molar refractivity (Wildman–Crippen MR) is 92.2 cm³/mol. The van der Waals surface area contributed by atoms with Gasteiger partial charge in [0.2, 0.25) is 0 Å². The fourth-order valence-corrected chi connectivity index (χ4v) is 3.21. The summed E-state index contributed by atoms with van der Waals surface area (Å²) in [5, 5.41) is 32.9. The number of hydrogen-bond acceptors (Lipinski definition) is 7. The fourth-order valence-electron chi connectivity index (χ4n) is 2.27. The first kappa shape index (κ1) is 16.4. The number of allylic oxidation sites excluding steroid dienone is 1. The number of methoxy groups -OCH3 is 1. The number of ether oxygens (including phenoxy) is 1. The first-order valence-corrected chi connectivity index (χ1v) is 7.86. The smallest absolute Gasteiger partial charge is 0.266 e. The van der Waals surface area contributed by atoms with Crippen LogP contribution >= 0.6 is 11.3 Å². The highest BCUT2D eigenvalue weighted by molar-refractivity contribution is 7.19. The quantitative estimate of drug-likeness (QED) is 0.404. The molecule has 124 valence electrons. The molecule has 0 bridgehead atoms. The maximum Gasteiger partial charge on any atom is 0.266 e. The third-order valence-electron chi connectivity index (χ3n) is 3.43. The summed E-state index contributed by atoms with van der Waals surface area (Å²) < 4.78 is 5.83. The molecular weight excluding hydrogens is 342 g/mol. The van der Waals surface area contributed by atoms with Gasteiger partial charge in [0, 0.05) is 11.8 Å². The lowest BCUT2D eigenvalue weighted by molar-refractivity contribution is -0.398. The number of fused-ring (bicyclic) bond motifs is 1. The fraction of sp³-hybridized carbons (Fsp3) is 0.0588. The van der Waals surface area contributed by atoms with Gasteiger partial charge in [-0.1, -0.05) is 12.1 Å². The first-order valence-electron chi connectivity index (χ1n) is 7.04. The molecule has 0 spiro atoms. The predicted octanol–water partition coefficient (Wildman–Crippen LogP) is 3.35. The van der Waals surface area contributed by atoms with Crippen LogP contribution in [0.1, 0.15) is 10.6 Å². The van der Waals surface area contributed by atoms with Crippen molar-refractivity contribution < 1.29 is 14.8 Å². The number of aromatic nitrogens is 1. The Labute approximate surface area is 146 Å². The van der Waals surface area contributed by atoms with Gasteiger partial charge in [-0.25, -0.2) is 4.98 Å². The van der Waals surface area contributed by atoms with Crippen molar-refractivity contribution in [2.75, 3.05) is 7.11 Å². The van der Waals surface area contributed by atoms with Crippen LogP contribution in [0.15, 0.2) is 36.4 Å². The molecule has 0 aliphatic heterocycles. The topological polar surface area (TPSA) is 112 Å². The number of nitrogens with zero attached hydrogens (tertiary/aromatic N) is 3. The standard InChI is InChI=1S/C17H11N3O4S/c1-24-14-8-10(7-13(16(14)21)20(22)23)6-11(9-18)17-19-12-4-2-3-5-15(12)25-17/h2-8,21H,1H3/p-1/b11-6+. The van der Waals surface area contributed by atoms with Gasteiger partial charge in [-0.05, 0) is 29.8 Å². The van der Waals surface area contributed by atoms with Crippen LogP contribution in [0.2, 0.25) is 0 Å². The zero-order chi connectivity index (χ0) is 18.0. The van der Waals surface area contributed by atoms with Gasteiger partial charge in [0.15, 0.2) is 0 Å². The highest BCUT2D eigenvalue weighted by Crippen LogP contribution is 2.36. The van der Waals surface area contributed by atoms with E-state index in [2.05, 4.69) is 4.98 Å². The number of nitro groups is 1. The average molecular weight is 352 g/mol. The lowest BCUT2D eigenvalue weighted by atomic mass is 10.1. The summed E-state index contributed by atoms with van der Waals surface area (Å²) in [6, 6.07) is 12.0. The summed E-state index contributed by atoms with van der Waals surface area (Å²) in [4.78, 5) is 14.7. The van der Waals surface area contributed by atoms with Gasteiger partial charge in [-0.3, -0.25) is 10.1 Å². The number of benzene rings is 2. The molecular formula is C17H10N3O4S-. The summed E-state index contributed by atoms with van der Waals surface area (Å²) in [5.41, 5.74) is 0.726. The molecule has 0 saturated carbocycles. The van der Waals surface area contributed by atoms with E-state index in [0.717, 1.165) is 16.3 Å². The molecule has 2 aromatic carbocycles. The zero-order valence-electron chi connectivity index (χ0n) is 12.9. The van der Waals surface area contributed by atoms with Crippen molar-refractivity contribution in [1.29, 1.82) is 5.26 Å². The van der Waals surface area contributed by atoms with Crippen LogP contribution in [0, 0.1) is 21.4 Å². The Morgan fingerprint density at radius 2 is 2.16 bits per heavy atom. The minimum Gasteiger partial charge on any atom is -0.865 e. The Kier molecular flexibility index (Phi) is 4.33. The van der Waals surface area contributed by atoms with E-state index in [1.165, 1.54) is 30.6 Å². The Hall–Kier alpha value is -3.44. The van der Waals surface area contributed by atoms with Crippen LogP contribution in [-0.4, -0.2) is 17.0 Å². The molecule has 1 heterocycles. The van der Waals surface area contributed by atoms with Crippen LogP contribution < -0.4 is 9.84 Å². The maximum atomic E-state index is 11.9. The van der Waals surface area contributed by atoms with Crippen molar-refractivity contribution in [3.8, 4) is 17.6 Å². The van der Waals surface area contributed by atoms with Gasteiger partial charge in [0.05, 0.1) is 27.8 Å². The number of para-hydroxylation sites is 1. The number of nitro benzene ring substituents is 1. The summed E-state index contributed by atoms with van der Waals surface area (Å²) >= 11 is 1.34. The molecule has 0 radical (unpaired) electrons. The Balaban J connectivity index is 2.12. The third-order valence-corrected chi connectivity index (χ3v) is 4.50. The van der Waals surface area contributed by atoms with Gasteiger partial charge < -0.3 is 9.84 Å². The Morgan fingerprint density at radius 1 is 1.40 bits per heavy atom. The Bertz CT molecular complexity index is 1020. The summed E-state index contributed by atoms with van der Waals surface area (Å²) in [7, 11) is 1.26. The minimum absolute atomic E-state index is 0.151. The van der Waals surface area contributed by atoms with E-state index in [1.54, 1.807) is 0 Å². The molecule has 0 fully saturated rings. The normalized spacial score (nSPS) is 11.3. The second kappa shape index (κ2) is 6.59. The molecule has 0 saturated heterocycles. The number of thiazole rings is 1. The molecule has 7 nitrogen and oxygen atoms in total. The Morgan fingerprint density at radius 3 is 2.80 bits per heavy atom. The largest absolute Gasteiger partial charge is 0.865 e. The van der Waals surface area contributed by atoms with Gasteiger partial charge in [-0.15, -0.1) is 11.3 Å². The van der Waals surface area contributed by atoms with E-state index in [-0.39, 0.29) is 11.3 Å². The zero-order valence-corrected chi connectivity index (χ0v) is 13.7. The van der Waals surface area contributed by atoms with Crippen molar-refractivity contribution in [3.05, 3.63) is 57.1 Å². The van der Waals surface area contributed by atoms with Gasteiger partial charge >= 0.3 is 0 Å². The van der Waals surface area contributed by atoms with E-state index >= 15 is 0 Å². The molecule has 0 aliphatic carbocycles. The average Bonchev–Trinajstić information content (AvgIpc) is 3.04. The maximum absolute atomic E-state index is 11.9. The van der Waals surface area contributed by atoms with Crippen LogP contribution in [-0.2, 0) is 0 Å². The highest BCUT2D eigenvalue weighted by Gasteiger charge is 2.14. The molecule has 8 heteroatoms. The van der Waals surface area contributed by atoms with Crippen molar-refractivity contribution in [2.24, 2.45) is 0 Å². The minimum atomic E-state index is -0.803. The third kappa shape index (κ3) is 3.13. The SMILES string of the molecule is COc1cc(/C=C(\C#N)c2nc3ccccc3s2)cc([N+](=O)[O-])c1[O-]. The van der Waals surface area contributed by atoms with Crippen molar-refractivity contribution in [3.63, 3.8) is 0 Å². The number of rotatable bonds is 4. The second-order valence-electron chi connectivity index (χ2n) is 4.99. The molecule has 25 heavy (non-hydrogen) atoms. The molecule has 0 N–H and O–H groups in total. The van der Waals surface area contributed by atoms with Gasteiger partial charge in [-0.2, -0.15) is 5.26 Å². The van der Waals surface area contributed by atoms with E-state index in [4.69, 9.17) is 4.74 Å². The van der Waals surface area contributed by atoms with Crippen LogP contribution in [0.3, 0.4) is 0 Å². The summed E-state index contributed by atoms with van der Waals surface area (Å²) in [5.74, 6) is -0.954. The van der Waals surface area contributed by atoms with Gasteiger partial charge in [0.1, 0.15) is 16.8 Å². The number of nitriles is 1. The molecule has 3 rings (SSSR count). The highest BCUT2D eigenvalue weighted by atomic mass is 32.1. The molecule has 0 atom stereocenters. The molecule has 0 amide bonds. The van der Waals surface area contributed by atoms with E-state index in [9.17, 15) is 20.5 Å². The first-order chi connectivity index (χ1) is 12.0. The van der Waals surface area contributed by atoms with Crippen LogP contribution in [0.25, 0.3) is 21.9 Å². The van der Waals surface area contributed by atoms with Crippen molar-refractivity contribution in [2.45, 2.75) is 0 Å². The summed E-state index contributed by atoms with van der Waals surface area (Å²) in [6.07, 6.45) is 1.45. The monoisotopic (exact) mass is 352 g/mol. The molecule has 0 unspecified atom stereocenters. The number of hydrogen-bond donors (Lipinski definition) is 0.